The minimum atomic E-state index is -0.519. The van der Waals surface area contributed by atoms with Gasteiger partial charge in [0.1, 0.15) is 22.8 Å². The van der Waals surface area contributed by atoms with Crippen molar-refractivity contribution in [1.29, 1.82) is 0 Å². The molecule has 0 saturated carbocycles. The summed E-state index contributed by atoms with van der Waals surface area (Å²) in [4.78, 5) is 11.3. The number of aromatic hydroxyl groups is 3. The highest BCUT2D eigenvalue weighted by Crippen LogP contribution is 2.41. The van der Waals surface area contributed by atoms with Crippen molar-refractivity contribution in [1.82, 2.24) is 0 Å². The van der Waals surface area contributed by atoms with E-state index in [2.05, 4.69) is 0 Å². The van der Waals surface area contributed by atoms with Crippen LogP contribution in [-0.4, -0.2) is 52.6 Å². The molecule has 178 valence electrons. The van der Waals surface area contributed by atoms with E-state index in [4.69, 9.17) is 24.1 Å². The number of benzene rings is 3. The van der Waals surface area contributed by atoms with Gasteiger partial charge >= 0.3 is 0 Å². The molecular formula is C25H24O9. The number of ketones is 1. The summed E-state index contributed by atoms with van der Waals surface area (Å²) >= 11 is 0. The molecule has 0 radical (unpaired) electrons. The lowest BCUT2D eigenvalue weighted by molar-refractivity contribution is -0.0124. The average molecular weight is 468 g/mol. The number of rotatable bonds is 3. The number of hydrogen-bond acceptors (Lipinski definition) is 9. The Morgan fingerprint density at radius 1 is 0.941 bits per heavy atom. The number of methoxy groups -OCH3 is 1. The topological polar surface area (TPSA) is 135 Å². The largest absolute Gasteiger partial charge is 0.508 e. The molecule has 0 amide bonds. The highest BCUT2D eigenvalue weighted by molar-refractivity contribution is 6.02. The number of Topliss-reactive ketones (excluding diaryl/α,β-unsaturated/α-hetero) is 1. The Kier molecular flexibility index (Phi) is 6.65. The third-order valence-electron chi connectivity index (χ3n) is 5.36. The SMILES string of the molecule is COc1cc(C2Oc3ccccc3OC2CO)ccc1O.O=C1CCOc2cc(O)cc(O)c21. The number of para-hydroxylation sites is 2. The van der Waals surface area contributed by atoms with Crippen LogP contribution in [0.15, 0.2) is 54.6 Å². The predicted molar refractivity (Wildman–Crippen MR) is 120 cm³/mol. The summed E-state index contributed by atoms with van der Waals surface area (Å²) in [6.45, 7) is 0.122. The number of hydrogen-bond donors (Lipinski definition) is 4. The van der Waals surface area contributed by atoms with Gasteiger partial charge in [-0.1, -0.05) is 18.2 Å². The molecule has 2 atom stereocenters. The van der Waals surface area contributed by atoms with Gasteiger partial charge in [-0.15, -0.1) is 0 Å². The minimum Gasteiger partial charge on any atom is -0.508 e. The molecule has 0 bridgehead atoms. The van der Waals surface area contributed by atoms with Gasteiger partial charge in [0.2, 0.25) is 0 Å². The van der Waals surface area contributed by atoms with Gasteiger partial charge in [-0.2, -0.15) is 0 Å². The van der Waals surface area contributed by atoms with Gasteiger partial charge in [-0.25, -0.2) is 0 Å². The lowest BCUT2D eigenvalue weighted by atomic mass is 10.0. The highest BCUT2D eigenvalue weighted by atomic mass is 16.6. The van der Waals surface area contributed by atoms with Gasteiger partial charge in [-0.05, 0) is 24.3 Å². The quantitative estimate of drug-likeness (QED) is 0.456. The molecule has 2 unspecified atom stereocenters. The standard InChI is InChI=1S/C16H16O5.C9H8O4/c1-19-14-8-10(6-7-11(14)18)16-15(9-17)20-12-4-2-3-5-13(12)21-16;10-5-3-7(12)9-6(11)1-2-13-8(9)4-5/h2-8,15-18H,9H2,1H3;3-4,10,12H,1-2H2. The second-order valence-corrected chi connectivity index (χ2v) is 7.62. The fraction of sp³-hybridized carbons (Fsp3) is 0.240. The van der Waals surface area contributed by atoms with Crippen LogP contribution in [0, 0.1) is 0 Å². The number of carbonyl (C=O) groups is 1. The molecule has 34 heavy (non-hydrogen) atoms. The number of phenols is 3. The van der Waals surface area contributed by atoms with Gasteiger partial charge in [0.05, 0.1) is 20.3 Å². The Bertz CT molecular complexity index is 1190. The number of phenolic OH excluding ortho intramolecular Hbond substituents is 3. The van der Waals surface area contributed by atoms with E-state index in [0.29, 0.717) is 23.9 Å². The van der Waals surface area contributed by atoms with Crippen LogP contribution in [0.3, 0.4) is 0 Å². The van der Waals surface area contributed by atoms with E-state index in [1.54, 1.807) is 18.2 Å². The third-order valence-corrected chi connectivity index (χ3v) is 5.36. The van der Waals surface area contributed by atoms with Crippen molar-refractivity contribution in [2.75, 3.05) is 20.3 Å². The first-order valence-corrected chi connectivity index (χ1v) is 10.5. The Morgan fingerprint density at radius 2 is 1.68 bits per heavy atom. The van der Waals surface area contributed by atoms with Crippen LogP contribution in [-0.2, 0) is 0 Å². The van der Waals surface area contributed by atoms with Crippen molar-refractivity contribution in [2.24, 2.45) is 0 Å². The van der Waals surface area contributed by atoms with E-state index in [9.17, 15) is 20.1 Å². The molecule has 0 aromatic heterocycles. The number of aliphatic hydroxyl groups is 1. The summed E-state index contributed by atoms with van der Waals surface area (Å²) in [5.41, 5.74) is 0.933. The molecule has 9 heteroatoms. The molecule has 0 spiro atoms. The second kappa shape index (κ2) is 9.80. The first-order chi connectivity index (χ1) is 16.4. The molecule has 9 nitrogen and oxygen atoms in total. The summed E-state index contributed by atoms with van der Waals surface area (Å²) < 4.78 is 21.9. The monoisotopic (exact) mass is 468 g/mol. The second-order valence-electron chi connectivity index (χ2n) is 7.62. The van der Waals surface area contributed by atoms with E-state index in [1.807, 2.05) is 18.2 Å². The summed E-state index contributed by atoms with van der Waals surface area (Å²) in [6, 6.07) is 14.7. The molecule has 5 rings (SSSR count). The molecule has 2 heterocycles. The van der Waals surface area contributed by atoms with Crippen LogP contribution >= 0.6 is 0 Å². The Labute approximate surface area is 195 Å². The van der Waals surface area contributed by atoms with Crippen molar-refractivity contribution in [3.05, 3.63) is 65.7 Å². The lowest BCUT2D eigenvalue weighted by Gasteiger charge is -2.33. The molecule has 2 aliphatic rings. The zero-order valence-electron chi connectivity index (χ0n) is 18.3. The molecule has 2 aliphatic heterocycles. The fourth-order valence-electron chi connectivity index (χ4n) is 3.73. The van der Waals surface area contributed by atoms with Crippen molar-refractivity contribution < 1.29 is 44.2 Å². The first kappa shape index (κ1) is 23.1. The highest BCUT2D eigenvalue weighted by Gasteiger charge is 2.33. The van der Waals surface area contributed by atoms with E-state index < -0.39 is 12.2 Å². The maximum absolute atomic E-state index is 11.3. The summed E-state index contributed by atoms with van der Waals surface area (Å²) in [5, 5.41) is 37.7. The number of aliphatic hydroxyl groups excluding tert-OH is 1. The average Bonchev–Trinajstić information content (AvgIpc) is 2.83. The maximum Gasteiger partial charge on any atom is 0.173 e. The summed E-state index contributed by atoms with van der Waals surface area (Å²) in [5.74, 6) is 1.42. The van der Waals surface area contributed by atoms with Crippen LogP contribution in [0.1, 0.15) is 28.4 Å². The first-order valence-electron chi connectivity index (χ1n) is 10.5. The van der Waals surface area contributed by atoms with Crippen molar-refractivity contribution >= 4 is 5.78 Å². The molecule has 0 saturated heterocycles. The van der Waals surface area contributed by atoms with Crippen LogP contribution in [0.4, 0.5) is 0 Å². The third kappa shape index (κ3) is 4.65. The zero-order chi connectivity index (χ0) is 24.2. The molecule has 0 fully saturated rings. The van der Waals surface area contributed by atoms with Crippen molar-refractivity contribution in [3.63, 3.8) is 0 Å². The summed E-state index contributed by atoms with van der Waals surface area (Å²) in [6.07, 6.45) is -0.723. The molecule has 3 aromatic rings. The molecule has 3 aromatic carbocycles. The summed E-state index contributed by atoms with van der Waals surface area (Å²) in [7, 11) is 1.48. The predicted octanol–water partition coefficient (Wildman–Crippen LogP) is 3.34. The lowest BCUT2D eigenvalue weighted by Crippen LogP contribution is -2.36. The molecule has 4 N–H and O–H groups in total. The normalized spacial score (nSPS) is 18.1. The fourth-order valence-corrected chi connectivity index (χ4v) is 3.73. The van der Waals surface area contributed by atoms with E-state index in [-0.39, 0.29) is 47.4 Å². The Morgan fingerprint density at radius 3 is 2.38 bits per heavy atom. The van der Waals surface area contributed by atoms with Crippen LogP contribution < -0.4 is 18.9 Å². The number of carbonyl (C=O) groups excluding carboxylic acids is 1. The Hall–Kier alpha value is -4.11. The van der Waals surface area contributed by atoms with Crippen LogP contribution in [0.2, 0.25) is 0 Å². The van der Waals surface area contributed by atoms with Crippen molar-refractivity contribution in [3.8, 4) is 40.2 Å². The number of ether oxygens (including phenoxy) is 4. The minimum absolute atomic E-state index is 0.0546. The number of fused-ring (bicyclic) bond motifs is 2. The smallest absolute Gasteiger partial charge is 0.173 e. The van der Waals surface area contributed by atoms with E-state index in [0.717, 1.165) is 11.6 Å². The molecule has 0 aliphatic carbocycles. The van der Waals surface area contributed by atoms with Crippen LogP contribution in [0.5, 0.6) is 40.2 Å². The van der Waals surface area contributed by atoms with Gasteiger partial charge in [0.25, 0.3) is 0 Å². The van der Waals surface area contributed by atoms with Crippen molar-refractivity contribution in [2.45, 2.75) is 18.6 Å². The van der Waals surface area contributed by atoms with Crippen LogP contribution in [0.25, 0.3) is 0 Å². The van der Waals surface area contributed by atoms with Gasteiger partial charge in [0.15, 0.2) is 41.0 Å². The molecular weight excluding hydrogens is 444 g/mol. The van der Waals surface area contributed by atoms with Gasteiger partial charge in [0, 0.05) is 24.1 Å². The zero-order valence-corrected chi connectivity index (χ0v) is 18.3. The van der Waals surface area contributed by atoms with E-state index >= 15 is 0 Å². The Balaban J connectivity index is 0.000000180. The maximum atomic E-state index is 11.3. The van der Waals surface area contributed by atoms with Gasteiger partial charge in [-0.3, -0.25) is 4.79 Å². The van der Waals surface area contributed by atoms with Gasteiger partial charge < -0.3 is 39.4 Å². The van der Waals surface area contributed by atoms with E-state index in [1.165, 1.54) is 19.2 Å².